The summed E-state index contributed by atoms with van der Waals surface area (Å²) in [4.78, 5) is 33.1. The number of hydrogen-bond acceptors (Lipinski definition) is 10. The summed E-state index contributed by atoms with van der Waals surface area (Å²) in [6.45, 7) is 1.93. The van der Waals surface area contributed by atoms with Crippen molar-refractivity contribution in [3.05, 3.63) is 70.7 Å². The molecule has 0 aliphatic rings. The lowest BCUT2D eigenvalue weighted by Gasteiger charge is -2.07. The zero-order valence-corrected chi connectivity index (χ0v) is 21.9. The Morgan fingerprint density at radius 1 is 0.684 bits per heavy atom. The average molecular weight is 555 g/mol. The van der Waals surface area contributed by atoms with Gasteiger partial charge >= 0.3 is 0 Å². The summed E-state index contributed by atoms with van der Waals surface area (Å²) in [6, 6.07) is 13.7. The lowest BCUT2D eigenvalue weighted by molar-refractivity contribution is 0.0485. The monoisotopic (exact) mass is 554 g/mol. The normalized spacial score (nSPS) is 10.8. The van der Waals surface area contributed by atoms with Crippen LogP contribution < -0.4 is 10.6 Å². The van der Waals surface area contributed by atoms with Gasteiger partial charge in [0, 0.05) is 23.8 Å². The van der Waals surface area contributed by atoms with E-state index in [0.29, 0.717) is 60.7 Å². The highest BCUT2D eigenvalue weighted by molar-refractivity contribution is 7.13. The molecule has 0 bridgehead atoms. The Kier molecular flexibility index (Phi) is 9.76. The number of nitrogens with one attached hydrogen (secondary N) is 2. The number of carbonyl (C=O) groups is 2. The van der Waals surface area contributed by atoms with E-state index >= 15 is 0 Å². The Hall–Kier alpha value is -3.84. The van der Waals surface area contributed by atoms with Crippen LogP contribution in [0.25, 0.3) is 21.1 Å². The van der Waals surface area contributed by atoms with Gasteiger partial charge in [-0.05, 0) is 24.3 Å². The third kappa shape index (κ3) is 7.35. The Bertz CT molecular complexity index is 1270. The van der Waals surface area contributed by atoms with Gasteiger partial charge in [0.2, 0.25) is 0 Å². The molecule has 2 amide bonds. The van der Waals surface area contributed by atoms with Crippen molar-refractivity contribution in [2.75, 3.05) is 39.5 Å². The molecule has 2 aromatic carbocycles. The first-order valence-corrected chi connectivity index (χ1v) is 13.5. The van der Waals surface area contributed by atoms with Crippen molar-refractivity contribution in [2.45, 2.75) is 0 Å². The molecule has 10 nitrogen and oxygen atoms in total. The largest absolute Gasteiger partial charge is 0.507 e. The number of carbonyl (C=O) groups excluding carboxylic acids is 2. The molecule has 12 heteroatoms. The van der Waals surface area contributed by atoms with Crippen LogP contribution in [-0.4, -0.2) is 71.5 Å². The van der Waals surface area contributed by atoms with Gasteiger partial charge in [0.15, 0.2) is 0 Å². The number of aromatic hydroxyl groups is 2. The van der Waals surface area contributed by atoms with E-state index in [2.05, 4.69) is 20.6 Å². The fourth-order valence-electron chi connectivity index (χ4n) is 3.29. The molecule has 4 aromatic rings. The zero-order valence-electron chi connectivity index (χ0n) is 20.3. The van der Waals surface area contributed by atoms with Crippen LogP contribution in [0, 0.1) is 0 Å². The van der Waals surface area contributed by atoms with Crippen LogP contribution in [0.5, 0.6) is 11.5 Å². The van der Waals surface area contributed by atoms with Gasteiger partial charge in [-0.25, -0.2) is 9.97 Å². The number of amides is 2. The van der Waals surface area contributed by atoms with E-state index in [9.17, 15) is 19.8 Å². The van der Waals surface area contributed by atoms with Crippen LogP contribution >= 0.6 is 22.7 Å². The molecule has 38 heavy (non-hydrogen) atoms. The molecule has 2 aromatic heterocycles. The van der Waals surface area contributed by atoms with Crippen molar-refractivity contribution in [3.8, 4) is 32.6 Å². The second-order valence-corrected chi connectivity index (χ2v) is 9.56. The Morgan fingerprint density at radius 3 is 1.53 bits per heavy atom. The van der Waals surface area contributed by atoms with Gasteiger partial charge in [0.1, 0.15) is 32.9 Å². The minimum atomic E-state index is -0.314. The zero-order chi connectivity index (χ0) is 26.7. The van der Waals surface area contributed by atoms with Crippen molar-refractivity contribution in [3.63, 3.8) is 0 Å². The summed E-state index contributed by atoms with van der Waals surface area (Å²) >= 11 is 2.57. The number of nitrogens with zero attached hydrogens (tertiary/aromatic N) is 2. The van der Waals surface area contributed by atoms with Crippen LogP contribution in [0.3, 0.4) is 0 Å². The maximum atomic E-state index is 12.3. The molecule has 0 aliphatic carbocycles. The summed E-state index contributed by atoms with van der Waals surface area (Å²) in [7, 11) is 0. The van der Waals surface area contributed by atoms with Crippen molar-refractivity contribution in [1.29, 1.82) is 0 Å². The number of hydrogen-bond donors (Lipinski definition) is 4. The number of thiazole rings is 2. The summed E-state index contributed by atoms with van der Waals surface area (Å²) in [5, 5.41) is 29.8. The second-order valence-electron chi connectivity index (χ2n) is 7.85. The lowest BCUT2D eigenvalue weighted by Crippen LogP contribution is -2.28. The topological polar surface area (TPSA) is 143 Å². The van der Waals surface area contributed by atoms with Gasteiger partial charge in [-0.3, -0.25) is 9.59 Å². The number of phenols is 2. The fourth-order valence-corrected chi connectivity index (χ4v) is 4.96. The molecule has 4 rings (SSSR count). The first-order valence-electron chi connectivity index (χ1n) is 11.7. The molecule has 0 spiro atoms. The number of benzene rings is 2. The van der Waals surface area contributed by atoms with E-state index in [1.54, 1.807) is 59.3 Å². The Balaban J connectivity index is 1.05. The van der Waals surface area contributed by atoms with E-state index in [4.69, 9.17) is 9.47 Å². The van der Waals surface area contributed by atoms with Crippen LogP contribution in [-0.2, 0) is 9.47 Å². The molecule has 4 N–H and O–H groups in total. The molecule has 0 saturated heterocycles. The summed E-state index contributed by atoms with van der Waals surface area (Å²) in [5.74, 6) is -0.395. The predicted molar refractivity (Wildman–Crippen MR) is 145 cm³/mol. The number of ether oxygens (including phenoxy) is 2. The van der Waals surface area contributed by atoms with Gasteiger partial charge < -0.3 is 30.3 Å². The number of para-hydroxylation sites is 2. The first-order chi connectivity index (χ1) is 18.5. The van der Waals surface area contributed by atoms with Gasteiger partial charge in [-0.2, -0.15) is 0 Å². The maximum Gasteiger partial charge on any atom is 0.270 e. The lowest BCUT2D eigenvalue weighted by atomic mass is 10.2. The van der Waals surface area contributed by atoms with Crippen LogP contribution in [0.2, 0.25) is 0 Å². The molecular formula is C26H26N4O6S2. The van der Waals surface area contributed by atoms with E-state index in [0.717, 1.165) is 0 Å². The highest BCUT2D eigenvalue weighted by atomic mass is 32.1. The Labute approximate surface area is 226 Å². The highest BCUT2D eigenvalue weighted by Crippen LogP contribution is 2.32. The number of aromatic nitrogens is 2. The predicted octanol–water partition coefficient (Wildman–Crippen LogP) is 3.54. The molecular weight excluding hydrogens is 528 g/mol. The third-order valence-electron chi connectivity index (χ3n) is 5.18. The molecule has 0 atom stereocenters. The number of rotatable bonds is 13. The maximum absolute atomic E-state index is 12.3. The molecule has 198 valence electrons. The van der Waals surface area contributed by atoms with Crippen molar-refractivity contribution < 1.29 is 29.3 Å². The van der Waals surface area contributed by atoms with Crippen LogP contribution in [0.4, 0.5) is 0 Å². The van der Waals surface area contributed by atoms with Gasteiger partial charge in [0.05, 0.1) is 37.6 Å². The smallest absolute Gasteiger partial charge is 0.270 e. The van der Waals surface area contributed by atoms with Crippen molar-refractivity contribution in [2.24, 2.45) is 0 Å². The Morgan fingerprint density at radius 2 is 1.11 bits per heavy atom. The molecule has 2 heterocycles. The van der Waals surface area contributed by atoms with Crippen molar-refractivity contribution >= 4 is 34.5 Å². The second kappa shape index (κ2) is 13.6. The first kappa shape index (κ1) is 27.2. The molecule has 0 saturated carbocycles. The van der Waals surface area contributed by atoms with E-state index in [1.807, 2.05) is 0 Å². The fraction of sp³-hybridized carbons (Fsp3) is 0.231. The van der Waals surface area contributed by atoms with Gasteiger partial charge in [-0.15, -0.1) is 22.7 Å². The molecule has 0 aliphatic heterocycles. The summed E-state index contributed by atoms with van der Waals surface area (Å²) in [6.07, 6.45) is 0. The van der Waals surface area contributed by atoms with Crippen LogP contribution in [0.15, 0.2) is 59.3 Å². The van der Waals surface area contributed by atoms with Crippen LogP contribution in [0.1, 0.15) is 21.0 Å². The molecule has 0 fully saturated rings. The van der Waals surface area contributed by atoms with Gasteiger partial charge in [-0.1, -0.05) is 24.3 Å². The summed E-state index contributed by atoms with van der Waals surface area (Å²) in [5.41, 5.74) is 1.73. The SMILES string of the molecule is O=C(NCCOCCOCCNC(=O)c1csc(-c2ccccc2O)n1)c1csc(-c2ccccc2O)n1. The average Bonchev–Trinajstić information content (AvgIpc) is 3.61. The third-order valence-corrected chi connectivity index (χ3v) is 6.93. The summed E-state index contributed by atoms with van der Waals surface area (Å²) < 4.78 is 10.9. The van der Waals surface area contributed by atoms with Crippen molar-refractivity contribution in [1.82, 2.24) is 20.6 Å². The van der Waals surface area contributed by atoms with E-state index < -0.39 is 0 Å². The van der Waals surface area contributed by atoms with Gasteiger partial charge in [0.25, 0.3) is 11.8 Å². The minimum Gasteiger partial charge on any atom is -0.507 e. The minimum absolute atomic E-state index is 0.116. The molecule has 0 unspecified atom stereocenters. The number of phenolic OH excluding ortho intramolecular Hbond substituents is 2. The quantitative estimate of drug-likeness (QED) is 0.184. The molecule has 0 radical (unpaired) electrons. The standard InChI is InChI=1S/C26H26N4O6S2/c31-21-7-3-1-5-17(21)25-29-19(15-37-25)23(33)27-9-11-35-13-14-36-12-10-28-24(34)20-16-38-26(30-20)18-6-2-4-8-22(18)32/h1-8,15-16,31-32H,9-14H2,(H,27,33)(H,28,34). The highest BCUT2D eigenvalue weighted by Gasteiger charge is 2.14. The van der Waals surface area contributed by atoms with E-state index in [1.165, 1.54) is 22.7 Å². The van der Waals surface area contributed by atoms with E-state index in [-0.39, 0.29) is 34.7 Å².